The quantitative estimate of drug-likeness (QED) is 0.549. The predicted molar refractivity (Wildman–Crippen MR) is 108 cm³/mol. The first-order chi connectivity index (χ1) is 13.4. The summed E-state index contributed by atoms with van der Waals surface area (Å²) in [5.41, 5.74) is 9.90. The number of nitrogens with zero attached hydrogens (tertiary/aromatic N) is 4. The van der Waals surface area contributed by atoms with Crippen LogP contribution in [0, 0.1) is 0 Å². The first-order valence-electron chi connectivity index (χ1n) is 8.44. The van der Waals surface area contributed by atoms with Crippen LogP contribution >= 0.6 is 0 Å². The number of pyridine rings is 3. The smallest absolute Gasteiger partial charge is 0.246 e. The van der Waals surface area contributed by atoms with Crippen LogP contribution in [0.1, 0.15) is 0 Å². The molecule has 0 aromatic carbocycles. The number of sulfonamides is 1. The lowest BCUT2D eigenvalue weighted by atomic mass is 10.0. The van der Waals surface area contributed by atoms with Crippen molar-refractivity contribution >= 4 is 26.9 Å². The van der Waals surface area contributed by atoms with Crippen LogP contribution in [-0.4, -0.2) is 46.8 Å². The molecule has 0 bridgehead atoms. The van der Waals surface area contributed by atoms with Crippen LogP contribution in [0.2, 0.25) is 0 Å². The third kappa shape index (κ3) is 3.00. The van der Waals surface area contributed by atoms with E-state index in [1.54, 1.807) is 24.8 Å². The largest absolute Gasteiger partial charge is 0.383 e. The van der Waals surface area contributed by atoms with E-state index in [0.717, 1.165) is 32.0 Å². The van der Waals surface area contributed by atoms with Gasteiger partial charge in [0.15, 0.2) is 0 Å². The molecule has 0 saturated carbocycles. The van der Waals surface area contributed by atoms with Gasteiger partial charge < -0.3 is 10.7 Å². The summed E-state index contributed by atoms with van der Waals surface area (Å²) in [7, 11) is -0.800. The van der Waals surface area contributed by atoms with Crippen molar-refractivity contribution in [3.05, 3.63) is 55.2 Å². The Hall–Kier alpha value is -3.30. The van der Waals surface area contributed by atoms with Crippen molar-refractivity contribution in [3.8, 4) is 22.3 Å². The van der Waals surface area contributed by atoms with E-state index in [4.69, 9.17) is 5.73 Å². The number of fused-ring (bicyclic) bond motifs is 1. The summed E-state index contributed by atoms with van der Waals surface area (Å²) in [6, 6.07) is 7.32. The molecule has 0 fully saturated rings. The molecular formula is C19H18N6O2S. The van der Waals surface area contributed by atoms with E-state index in [1.807, 2.05) is 24.4 Å². The fourth-order valence-corrected chi connectivity index (χ4v) is 3.93. The number of aromatic nitrogens is 4. The Labute approximate surface area is 162 Å². The van der Waals surface area contributed by atoms with Gasteiger partial charge in [0.2, 0.25) is 10.0 Å². The molecule has 4 aromatic rings. The van der Waals surface area contributed by atoms with Crippen LogP contribution in [0.25, 0.3) is 33.3 Å². The highest BCUT2D eigenvalue weighted by Crippen LogP contribution is 2.32. The summed E-state index contributed by atoms with van der Waals surface area (Å²) >= 11 is 0. The van der Waals surface area contributed by atoms with E-state index in [1.165, 1.54) is 20.2 Å². The summed E-state index contributed by atoms with van der Waals surface area (Å²) in [6.45, 7) is 0. The average Bonchev–Trinajstić information content (AvgIpc) is 3.12. The number of anilines is 1. The molecule has 0 atom stereocenters. The monoisotopic (exact) mass is 394 g/mol. The van der Waals surface area contributed by atoms with Gasteiger partial charge in [0, 0.05) is 67.2 Å². The lowest BCUT2D eigenvalue weighted by molar-refractivity contribution is 0.521. The minimum absolute atomic E-state index is 0.0291. The Bertz CT molecular complexity index is 1270. The zero-order valence-electron chi connectivity index (χ0n) is 15.3. The summed E-state index contributed by atoms with van der Waals surface area (Å²) in [5.74, 6) is -0.0365. The van der Waals surface area contributed by atoms with E-state index >= 15 is 0 Å². The lowest BCUT2D eigenvalue weighted by Gasteiger charge is -2.14. The fraction of sp³-hybridized carbons (Fsp3) is 0.105. The zero-order valence-corrected chi connectivity index (χ0v) is 16.1. The number of hydrogen-bond donors (Lipinski definition) is 2. The Morgan fingerprint density at radius 1 is 1.00 bits per heavy atom. The molecule has 3 N–H and O–H groups in total. The first kappa shape index (κ1) is 18.1. The molecule has 0 amide bonds. The van der Waals surface area contributed by atoms with Gasteiger partial charge >= 0.3 is 0 Å². The van der Waals surface area contributed by atoms with Crippen LogP contribution in [-0.2, 0) is 10.0 Å². The highest BCUT2D eigenvalue weighted by molar-refractivity contribution is 7.89. The number of nitrogens with one attached hydrogen (secondary N) is 1. The number of H-pyrrole nitrogens is 1. The molecule has 9 heteroatoms. The number of hydrogen-bond acceptors (Lipinski definition) is 6. The Kier molecular flexibility index (Phi) is 4.33. The van der Waals surface area contributed by atoms with Gasteiger partial charge in [0.05, 0.1) is 0 Å². The topological polar surface area (TPSA) is 118 Å². The van der Waals surface area contributed by atoms with E-state index < -0.39 is 10.0 Å². The van der Waals surface area contributed by atoms with Gasteiger partial charge in [-0.2, -0.15) is 0 Å². The number of nitrogen functional groups attached to an aromatic ring is 1. The SMILES string of the molecule is CN(C)S(=O)(=O)c1cc(-c2cnc3[nH]cc(-c4ccncc4)c3c2)cnc1N. The molecule has 0 aliphatic carbocycles. The number of nitrogens with two attached hydrogens (primary N) is 1. The minimum atomic E-state index is -3.71. The van der Waals surface area contributed by atoms with Crippen molar-refractivity contribution in [1.82, 2.24) is 24.2 Å². The normalized spacial score (nSPS) is 12.0. The summed E-state index contributed by atoms with van der Waals surface area (Å²) < 4.78 is 26.2. The maximum absolute atomic E-state index is 12.5. The average molecular weight is 394 g/mol. The fourth-order valence-electron chi connectivity index (χ4n) is 2.95. The molecule has 8 nitrogen and oxygen atoms in total. The molecule has 28 heavy (non-hydrogen) atoms. The first-order valence-corrected chi connectivity index (χ1v) is 9.88. The highest BCUT2D eigenvalue weighted by Gasteiger charge is 2.22. The van der Waals surface area contributed by atoms with Gasteiger partial charge in [-0.25, -0.2) is 22.7 Å². The maximum atomic E-state index is 12.5. The van der Waals surface area contributed by atoms with Crippen LogP contribution in [0.3, 0.4) is 0 Å². The molecule has 142 valence electrons. The highest BCUT2D eigenvalue weighted by atomic mass is 32.2. The van der Waals surface area contributed by atoms with Gasteiger partial charge in [0.25, 0.3) is 0 Å². The van der Waals surface area contributed by atoms with Crippen LogP contribution < -0.4 is 5.73 Å². The van der Waals surface area contributed by atoms with Crippen LogP contribution in [0.15, 0.2) is 60.1 Å². The molecule has 4 aromatic heterocycles. The van der Waals surface area contributed by atoms with Gasteiger partial charge in [0.1, 0.15) is 16.4 Å². The molecule has 0 saturated heterocycles. The van der Waals surface area contributed by atoms with Crippen molar-refractivity contribution < 1.29 is 8.42 Å². The summed E-state index contributed by atoms with van der Waals surface area (Å²) in [4.78, 5) is 15.7. The molecule has 0 radical (unpaired) electrons. The van der Waals surface area contributed by atoms with Gasteiger partial charge in [-0.1, -0.05) is 0 Å². The van der Waals surface area contributed by atoms with Gasteiger partial charge in [-0.05, 0) is 29.8 Å². The molecule has 4 heterocycles. The summed E-state index contributed by atoms with van der Waals surface area (Å²) in [5, 5.41) is 0.914. The third-order valence-electron chi connectivity index (χ3n) is 4.50. The van der Waals surface area contributed by atoms with Crippen LogP contribution in [0.5, 0.6) is 0 Å². The van der Waals surface area contributed by atoms with Crippen molar-refractivity contribution in [3.63, 3.8) is 0 Å². The molecule has 0 spiro atoms. The second kappa shape index (κ2) is 6.70. The van der Waals surface area contributed by atoms with Crippen molar-refractivity contribution in [1.29, 1.82) is 0 Å². The second-order valence-corrected chi connectivity index (χ2v) is 8.57. The molecule has 0 unspecified atom stereocenters. The molecule has 0 aliphatic heterocycles. The van der Waals surface area contributed by atoms with Crippen molar-refractivity contribution in [2.75, 3.05) is 19.8 Å². The molecular weight excluding hydrogens is 376 g/mol. The third-order valence-corrected chi connectivity index (χ3v) is 6.34. The second-order valence-electron chi connectivity index (χ2n) is 6.45. The van der Waals surface area contributed by atoms with Crippen molar-refractivity contribution in [2.45, 2.75) is 4.90 Å². The van der Waals surface area contributed by atoms with Gasteiger partial charge in [-0.15, -0.1) is 0 Å². The summed E-state index contributed by atoms with van der Waals surface area (Å²) in [6.07, 6.45) is 8.57. The van der Waals surface area contributed by atoms with Crippen molar-refractivity contribution in [2.24, 2.45) is 0 Å². The number of rotatable bonds is 4. The minimum Gasteiger partial charge on any atom is -0.383 e. The van der Waals surface area contributed by atoms with E-state index in [2.05, 4.69) is 19.9 Å². The Balaban J connectivity index is 1.87. The zero-order chi connectivity index (χ0) is 19.9. The maximum Gasteiger partial charge on any atom is 0.246 e. The van der Waals surface area contributed by atoms with E-state index in [0.29, 0.717) is 5.56 Å². The van der Waals surface area contributed by atoms with E-state index in [9.17, 15) is 8.42 Å². The van der Waals surface area contributed by atoms with Gasteiger partial charge in [-0.3, -0.25) is 4.98 Å². The molecule has 0 aliphatic rings. The Morgan fingerprint density at radius 3 is 2.39 bits per heavy atom. The standard InChI is InChI=1S/C19H18N6O2S/c1-25(2)28(26,27)17-8-14(9-22-18(17)20)13-7-15-16(11-24-19(15)23-10-13)12-3-5-21-6-4-12/h3-11H,1-2H3,(H2,20,22)(H,23,24). The van der Waals surface area contributed by atoms with E-state index in [-0.39, 0.29) is 10.7 Å². The Morgan fingerprint density at radius 2 is 1.68 bits per heavy atom. The van der Waals surface area contributed by atoms with Crippen LogP contribution in [0.4, 0.5) is 5.82 Å². The number of aromatic amines is 1. The predicted octanol–water partition coefficient (Wildman–Crippen LogP) is 2.52. The molecule has 4 rings (SSSR count). The lowest BCUT2D eigenvalue weighted by Crippen LogP contribution is -2.23.